The van der Waals surface area contributed by atoms with Gasteiger partial charge in [0.15, 0.2) is 0 Å². The number of nitrogens with zero attached hydrogens (tertiary/aromatic N) is 1. The maximum atomic E-state index is 13.3. The summed E-state index contributed by atoms with van der Waals surface area (Å²) in [5.74, 6) is -2.27. The average molecular weight is 470 g/mol. The van der Waals surface area contributed by atoms with Crippen LogP contribution in [0.25, 0.3) is 0 Å². The quantitative estimate of drug-likeness (QED) is 0.436. The van der Waals surface area contributed by atoms with Crippen LogP contribution >= 0.6 is 0 Å². The lowest BCUT2D eigenvalue weighted by atomic mass is 9.87. The lowest BCUT2D eigenvalue weighted by Gasteiger charge is -2.31. The molecule has 4 atom stereocenters. The van der Waals surface area contributed by atoms with Crippen molar-refractivity contribution in [2.45, 2.75) is 75.5 Å². The molecule has 0 aromatic heterocycles. The Balaban J connectivity index is 1.44. The van der Waals surface area contributed by atoms with E-state index >= 15 is 0 Å². The van der Waals surface area contributed by atoms with Crippen molar-refractivity contribution < 1.29 is 24.0 Å². The summed E-state index contributed by atoms with van der Waals surface area (Å²) in [5, 5.41) is 8.22. The molecule has 182 valence electrons. The van der Waals surface area contributed by atoms with Gasteiger partial charge in [-0.25, -0.2) is 0 Å². The van der Waals surface area contributed by atoms with E-state index in [1.807, 2.05) is 18.2 Å². The summed E-state index contributed by atoms with van der Waals surface area (Å²) in [7, 11) is 0. The molecule has 0 radical (unpaired) electrons. The van der Waals surface area contributed by atoms with Crippen LogP contribution in [-0.2, 0) is 30.4 Å². The van der Waals surface area contributed by atoms with Gasteiger partial charge in [-0.1, -0.05) is 24.3 Å². The van der Waals surface area contributed by atoms with Crippen molar-refractivity contribution in [3.63, 3.8) is 0 Å². The standard InChI is InChI=1S/C24H31N5O5/c25-20(30)13-18(28-22(32)17-10-11-21(31)26-17)24(34)29-12-4-9-19(29)23(33)27-16-8-3-6-14-5-1-2-7-15(14)16/h1-2,5,7,16-19H,3-4,6,8-13H2,(H2,25,30)(H,26,31)(H,27,33)(H,28,32). The van der Waals surface area contributed by atoms with Crippen LogP contribution in [0, 0.1) is 0 Å². The van der Waals surface area contributed by atoms with E-state index in [0.29, 0.717) is 25.8 Å². The van der Waals surface area contributed by atoms with Gasteiger partial charge < -0.3 is 26.6 Å². The van der Waals surface area contributed by atoms with E-state index in [0.717, 1.165) is 24.8 Å². The third-order valence-corrected chi connectivity index (χ3v) is 6.86. The number of carbonyl (C=O) groups is 5. The zero-order valence-electron chi connectivity index (χ0n) is 19.0. The molecule has 2 heterocycles. The number of likely N-dealkylation sites (tertiary alicyclic amines) is 1. The SMILES string of the molecule is NC(=O)CC(NC(=O)C1CCC(=O)N1)C(=O)N1CCCC1C(=O)NC1CCCc2ccccc21. The van der Waals surface area contributed by atoms with E-state index in [9.17, 15) is 24.0 Å². The number of carbonyl (C=O) groups excluding carboxylic acids is 5. The third kappa shape index (κ3) is 5.21. The summed E-state index contributed by atoms with van der Waals surface area (Å²) in [6.45, 7) is 0.351. The van der Waals surface area contributed by atoms with Crippen molar-refractivity contribution in [3.8, 4) is 0 Å². The third-order valence-electron chi connectivity index (χ3n) is 6.86. The molecule has 2 fully saturated rings. The molecule has 4 unspecified atom stereocenters. The largest absolute Gasteiger partial charge is 0.370 e. The molecule has 34 heavy (non-hydrogen) atoms. The fraction of sp³-hybridized carbons (Fsp3) is 0.542. The van der Waals surface area contributed by atoms with Gasteiger partial charge in [0.25, 0.3) is 0 Å². The highest BCUT2D eigenvalue weighted by Crippen LogP contribution is 2.30. The molecule has 4 rings (SSSR count). The number of rotatable bonds is 7. The Hall–Kier alpha value is -3.43. The Morgan fingerprint density at radius 1 is 1.06 bits per heavy atom. The number of benzene rings is 1. The van der Waals surface area contributed by atoms with Crippen molar-refractivity contribution in [2.24, 2.45) is 5.73 Å². The monoisotopic (exact) mass is 469 g/mol. The van der Waals surface area contributed by atoms with E-state index in [-0.39, 0.29) is 30.7 Å². The Labute approximate surface area is 198 Å². The summed E-state index contributed by atoms with van der Waals surface area (Å²) in [6.07, 6.45) is 4.09. The molecule has 3 aliphatic rings. The molecule has 1 aromatic carbocycles. The van der Waals surface area contributed by atoms with Gasteiger partial charge in [-0.2, -0.15) is 0 Å². The van der Waals surface area contributed by atoms with Crippen LogP contribution < -0.4 is 21.7 Å². The molecule has 2 aliphatic heterocycles. The van der Waals surface area contributed by atoms with Crippen LogP contribution in [0.2, 0.25) is 0 Å². The van der Waals surface area contributed by atoms with E-state index in [1.54, 1.807) is 0 Å². The maximum absolute atomic E-state index is 13.3. The fourth-order valence-electron chi connectivity index (χ4n) is 5.16. The van der Waals surface area contributed by atoms with Crippen LogP contribution in [0.1, 0.15) is 62.1 Å². The van der Waals surface area contributed by atoms with Gasteiger partial charge in [0.1, 0.15) is 18.1 Å². The summed E-state index contributed by atoms with van der Waals surface area (Å²) in [4.78, 5) is 63.6. The first-order chi connectivity index (χ1) is 16.3. The number of nitrogens with one attached hydrogen (secondary N) is 3. The van der Waals surface area contributed by atoms with Gasteiger partial charge in [0.05, 0.1) is 12.5 Å². The van der Waals surface area contributed by atoms with Crippen molar-refractivity contribution >= 4 is 29.5 Å². The first kappa shape index (κ1) is 23.7. The molecule has 0 saturated carbocycles. The normalized spacial score (nSPS) is 24.6. The lowest BCUT2D eigenvalue weighted by Crippen LogP contribution is -2.56. The average Bonchev–Trinajstić information content (AvgIpc) is 3.47. The van der Waals surface area contributed by atoms with Crippen molar-refractivity contribution in [1.82, 2.24) is 20.9 Å². The second-order valence-electron chi connectivity index (χ2n) is 9.23. The van der Waals surface area contributed by atoms with E-state index < -0.39 is 35.8 Å². The maximum Gasteiger partial charge on any atom is 0.246 e. The van der Waals surface area contributed by atoms with Gasteiger partial charge in [-0.05, 0) is 49.7 Å². The predicted octanol–water partition coefficient (Wildman–Crippen LogP) is -0.190. The van der Waals surface area contributed by atoms with E-state index in [4.69, 9.17) is 5.73 Å². The number of hydrogen-bond donors (Lipinski definition) is 4. The van der Waals surface area contributed by atoms with Gasteiger partial charge in [-0.3, -0.25) is 24.0 Å². The molecule has 5 N–H and O–H groups in total. The lowest BCUT2D eigenvalue weighted by molar-refractivity contribution is -0.142. The molecule has 2 saturated heterocycles. The summed E-state index contributed by atoms with van der Waals surface area (Å²) in [6, 6.07) is 5.32. The number of aryl methyl sites for hydroxylation is 1. The summed E-state index contributed by atoms with van der Waals surface area (Å²) < 4.78 is 0. The number of hydrogen-bond acceptors (Lipinski definition) is 5. The summed E-state index contributed by atoms with van der Waals surface area (Å²) in [5.41, 5.74) is 7.67. The van der Waals surface area contributed by atoms with Gasteiger partial charge in [-0.15, -0.1) is 0 Å². The smallest absolute Gasteiger partial charge is 0.246 e. The van der Waals surface area contributed by atoms with Crippen LogP contribution in [0.4, 0.5) is 0 Å². The Bertz CT molecular complexity index is 996. The zero-order valence-corrected chi connectivity index (χ0v) is 19.0. The van der Waals surface area contributed by atoms with E-state index in [2.05, 4.69) is 22.0 Å². The minimum absolute atomic E-state index is 0.109. The molecular formula is C24H31N5O5. The molecular weight excluding hydrogens is 438 g/mol. The van der Waals surface area contributed by atoms with Crippen molar-refractivity contribution in [1.29, 1.82) is 0 Å². The van der Waals surface area contributed by atoms with E-state index in [1.165, 1.54) is 10.5 Å². The second-order valence-corrected chi connectivity index (χ2v) is 9.23. The Morgan fingerprint density at radius 3 is 2.59 bits per heavy atom. The molecule has 1 aliphatic carbocycles. The number of nitrogens with two attached hydrogens (primary N) is 1. The number of amides is 5. The Kier molecular flexibility index (Phi) is 7.14. The van der Waals surface area contributed by atoms with Gasteiger partial charge in [0, 0.05) is 13.0 Å². The first-order valence-electron chi connectivity index (χ1n) is 11.9. The predicted molar refractivity (Wildman–Crippen MR) is 122 cm³/mol. The number of fused-ring (bicyclic) bond motifs is 1. The Morgan fingerprint density at radius 2 is 1.85 bits per heavy atom. The molecule has 10 heteroatoms. The molecule has 0 spiro atoms. The van der Waals surface area contributed by atoms with Crippen LogP contribution in [0.15, 0.2) is 24.3 Å². The van der Waals surface area contributed by atoms with Crippen LogP contribution in [0.3, 0.4) is 0 Å². The molecule has 0 bridgehead atoms. The minimum Gasteiger partial charge on any atom is -0.370 e. The topological polar surface area (TPSA) is 151 Å². The summed E-state index contributed by atoms with van der Waals surface area (Å²) >= 11 is 0. The molecule has 1 aromatic rings. The molecule has 5 amide bonds. The molecule has 10 nitrogen and oxygen atoms in total. The van der Waals surface area contributed by atoms with Crippen molar-refractivity contribution in [3.05, 3.63) is 35.4 Å². The minimum atomic E-state index is -1.19. The zero-order chi connectivity index (χ0) is 24.2. The van der Waals surface area contributed by atoms with Crippen molar-refractivity contribution in [2.75, 3.05) is 6.54 Å². The first-order valence-corrected chi connectivity index (χ1v) is 11.9. The second kappa shape index (κ2) is 10.2. The van der Waals surface area contributed by atoms with Crippen LogP contribution in [0.5, 0.6) is 0 Å². The number of primary amides is 1. The van der Waals surface area contributed by atoms with Gasteiger partial charge >= 0.3 is 0 Å². The van der Waals surface area contributed by atoms with Gasteiger partial charge in [0.2, 0.25) is 29.5 Å². The highest BCUT2D eigenvalue weighted by Gasteiger charge is 2.40. The van der Waals surface area contributed by atoms with Crippen LogP contribution in [-0.4, -0.2) is 59.1 Å². The highest BCUT2D eigenvalue weighted by atomic mass is 16.2. The fourth-order valence-corrected chi connectivity index (χ4v) is 5.16. The highest BCUT2D eigenvalue weighted by molar-refractivity contribution is 5.97.